The number of benzene rings is 1. The summed E-state index contributed by atoms with van der Waals surface area (Å²) in [6, 6.07) is 9.65. The van der Waals surface area contributed by atoms with Gasteiger partial charge in [0.25, 0.3) is 5.91 Å². The largest absolute Gasteiger partial charge is 0.350 e. The summed E-state index contributed by atoms with van der Waals surface area (Å²) in [4.78, 5) is 15.0. The normalized spacial score (nSPS) is 12.3. The zero-order valence-corrected chi connectivity index (χ0v) is 17.0. The summed E-state index contributed by atoms with van der Waals surface area (Å²) >= 11 is 7.71. The van der Waals surface area contributed by atoms with E-state index in [4.69, 9.17) is 11.6 Å². The van der Waals surface area contributed by atoms with Gasteiger partial charge in [0.05, 0.1) is 23.5 Å². The smallest absolute Gasteiger partial charge is 0.254 e. The van der Waals surface area contributed by atoms with Crippen molar-refractivity contribution < 1.29 is 4.79 Å². The number of thiophene rings is 1. The van der Waals surface area contributed by atoms with Crippen LogP contribution in [0.15, 0.2) is 53.5 Å². The van der Waals surface area contributed by atoms with E-state index in [0.717, 1.165) is 18.8 Å². The molecule has 0 bridgehead atoms. The lowest BCUT2D eigenvalue weighted by Crippen LogP contribution is -2.37. The Hall–Kier alpha value is -2.15. The van der Waals surface area contributed by atoms with Gasteiger partial charge in [0.2, 0.25) is 0 Å². The van der Waals surface area contributed by atoms with E-state index in [0.29, 0.717) is 17.1 Å². The number of hydrogen-bond donors (Lipinski definition) is 1. The number of hydrogen-bond acceptors (Lipinski definition) is 4. The van der Waals surface area contributed by atoms with Crippen molar-refractivity contribution in [3.05, 3.63) is 69.6 Å². The number of carbonyl (C=O) groups is 1. The minimum absolute atomic E-state index is 0.129. The van der Waals surface area contributed by atoms with Crippen LogP contribution in [0.3, 0.4) is 0 Å². The fraction of sp³-hybridized carbons (Fsp3) is 0.300. The molecule has 3 aromatic rings. The number of likely N-dealkylation sites (N-methyl/N-ethyl adjacent to an activating group) is 1. The monoisotopic (exact) mass is 402 g/mol. The fourth-order valence-corrected chi connectivity index (χ4v) is 3.97. The van der Waals surface area contributed by atoms with Crippen molar-refractivity contribution in [1.29, 1.82) is 0 Å². The van der Waals surface area contributed by atoms with Crippen LogP contribution in [0.4, 0.5) is 0 Å². The maximum atomic E-state index is 12.6. The molecule has 0 aliphatic carbocycles. The van der Waals surface area contributed by atoms with Crippen LogP contribution in [-0.2, 0) is 0 Å². The van der Waals surface area contributed by atoms with Crippen molar-refractivity contribution in [3.8, 4) is 5.69 Å². The van der Waals surface area contributed by atoms with Gasteiger partial charge in [0.15, 0.2) is 0 Å². The number of amides is 1. The lowest BCUT2D eigenvalue weighted by Gasteiger charge is -2.29. The Morgan fingerprint density at radius 2 is 2.15 bits per heavy atom. The topological polar surface area (TPSA) is 50.2 Å². The van der Waals surface area contributed by atoms with Crippen molar-refractivity contribution in [3.63, 3.8) is 0 Å². The van der Waals surface area contributed by atoms with E-state index < -0.39 is 0 Å². The van der Waals surface area contributed by atoms with E-state index in [1.165, 1.54) is 5.56 Å². The number of aromatic nitrogens is 2. The average Bonchev–Trinajstić information content (AvgIpc) is 3.37. The van der Waals surface area contributed by atoms with E-state index in [1.54, 1.807) is 34.5 Å². The Labute approximate surface area is 168 Å². The molecule has 5 nitrogen and oxygen atoms in total. The molecule has 2 heterocycles. The van der Waals surface area contributed by atoms with Gasteiger partial charge in [-0.3, -0.25) is 9.69 Å². The van der Waals surface area contributed by atoms with Gasteiger partial charge in [-0.25, -0.2) is 4.68 Å². The van der Waals surface area contributed by atoms with E-state index in [-0.39, 0.29) is 11.9 Å². The number of rotatable bonds is 8. The van der Waals surface area contributed by atoms with Crippen LogP contribution < -0.4 is 5.32 Å². The van der Waals surface area contributed by atoms with E-state index in [1.807, 2.05) is 18.2 Å². The summed E-state index contributed by atoms with van der Waals surface area (Å²) in [6.07, 6.45) is 3.30. The van der Waals surface area contributed by atoms with Crippen molar-refractivity contribution in [2.24, 2.45) is 0 Å². The first kappa shape index (κ1) is 19.6. The molecule has 0 saturated heterocycles. The molecule has 0 saturated carbocycles. The molecule has 2 aromatic heterocycles. The molecular formula is C20H23ClN4OS. The molecule has 3 rings (SSSR count). The van der Waals surface area contributed by atoms with Crippen LogP contribution in [0.1, 0.15) is 35.8 Å². The van der Waals surface area contributed by atoms with Crippen LogP contribution in [0.5, 0.6) is 0 Å². The standard InChI is InChI=1S/C20H23ClN4OS/c1-3-24(4-2)19(15-8-9-27-14-15)12-22-20(26)16-11-23-25(13-16)18-7-5-6-17(21)10-18/h5-11,13-14,19H,3-4,12H2,1-2H3,(H,22,26). The highest BCUT2D eigenvalue weighted by Gasteiger charge is 2.20. The fourth-order valence-electron chi connectivity index (χ4n) is 3.08. The van der Waals surface area contributed by atoms with Crippen molar-refractivity contribution in [2.45, 2.75) is 19.9 Å². The highest BCUT2D eigenvalue weighted by atomic mass is 35.5. The highest BCUT2D eigenvalue weighted by Crippen LogP contribution is 2.22. The van der Waals surface area contributed by atoms with Crippen molar-refractivity contribution in [2.75, 3.05) is 19.6 Å². The second kappa shape index (κ2) is 9.17. The Morgan fingerprint density at radius 3 is 2.81 bits per heavy atom. The summed E-state index contributed by atoms with van der Waals surface area (Å²) in [6.45, 7) is 6.69. The zero-order valence-electron chi connectivity index (χ0n) is 15.4. The molecule has 0 aliphatic rings. The quantitative estimate of drug-likeness (QED) is 0.607. The molecule has 0 aliphatic heterocycles. The van der Waals surface area contributed by atoms with Crippen LogP contribution in [-0.4, -0.2) is 40.2 Å². The predicted molar refractivity (Wildman–Crippen MR) is 111 cm³/mol. The van der Waals surface area contributed by atoms with Gasteiger partial charge in [-0.05, 0) is 53.7 Å². The van der Waals surface area contributed by atoms with Gasteiger partial charge in [-0.2, -0.15) is 16.4 Å². The Kier molecular flexibility index (Phi) is 6.66. The molecule has 0 fully saturated rings. The third-order valence-corrected chi connectivity index (χ3v) is 5.49. The SMILES string of the molecule is CCN(CC)C(CNC(=O)c1cnn(-c2cccc(Cl)c2)c1)c1ccsc1. The Balaban J connectivity index is 1.69. The van der Waals surface area contributed by atoms with Gasteiger partial charge >= 0.3 is 0 Å². The first-order valence-electron chi connectivity index (χ1n) is 8.97. The number of halogens is 1. The van der Waals surface area contributed by atoms with Crippen LogP contribution in [0, 0.1) is 0 Å². The Bertz CT molecular complexity index is 874. The van der Waals surface area contributed by atoms with Gasteiger partial charge in [-0.1, -0.05) is 31.5 Å². The first-order chi connectivity index (χ1) is 13.1. The molecule has 142 valence electrons. The second-order valence-electron chi connectivity index (χ2n) is 6.16. The summed E-state index contributed by atoms with van der Waals surface area (Å²) in [5.74, 6) is -0.129. The third-order valence-electron chi connectivity index (χ3n) is 4.55. The maximum Gasteiger partial charge on any atom is 0.254 e. The molecule has 1 atom stereocenters. The van der Waals surface area contributed by atoms with E-state index in [2.05, 4.69) is 46.0 Å². The molecule has 7 heteroatoms. The van der Waals surface area contributed by atoms with E-state index in [9.17, 15) is 4.79 Å². The summed E-state index contributed by atoms with van der Waals surface area (Å²) in [5, 5.41) is 12.2. The molecule has 1 unspecified atom stereocenters. The molecule has 27 heavy (non-hydrogen) atoms. The summed E-state index contributed by atoms with van der Waals surface area (Å²) < 4.78 is 1.65. The van der Waals surface area contributed by atoms with Gasteiger partial charge < -0.3 is 5.32 Å². The van der Waals surface area contributed by atoms with Crippen LogP contribution in [0.25, 0.3) is 5.69 Å². The number of carbonyl (C=O) groups excluding carboxylic acids is 1. The minimum atomic E-state index is -0.129. The predicted octanol–water partition coefficient (Wildman–Crippen LogP) is 4.40. The molecule has 1 aromatic carbocycles. The Morgan fingerprint density at radius 1 is 1.33 bits per heavy atom. The lowest BCUT2D eigenvalue weighted by atomic mass is 10.1. The molecule has 0 radical (unpaired) electrons. The third kappa shape index (κ3) is 4.77. The van der Waals surface area contributed by atoms with Gasteiger partial charge in [0, 0.05) is 17.8 Å². The lowest BCUT2D eigenvalue weighted by molar-refractivity contribution is 0.0935. The van der Waals surface area contributed by atoms with Crippen molar-refractivity contribution >= 4 is 28.8 Å². The highest BCUT2D eigenvalue weighted by molar-refractivity contribution is 7.08. The van der Waals surface area contributed by atoms with Gasteiger partial charge in [-0.15, -0.1) is 0 Å². The summed E-state index contributed by atoms with van der Waals surface area (Å²) in [7, 11) is 0. The number of nitrogens with one attached hydrogen (secondary N) is 1. The average molecular weight is 403 g/mol. The zero-order chi connectivity index (χ0) is 19.2. The molecule has 1 amide bonds. The number of nitrogens with zero attached hydrogens (tertiary/aromatic N) is 3. The van der Waals surface area contributed by atoms with Crippen LogP contribution in [0.2, 0.25) is 5.02 Å². The molecular weight excluding hydrogens is 380 g/mol. The minimum Gasteiger partial charge on any atom is -0.350 e. The summed E-state index contributed by atoms with van der Waals surface area (Å²) in [5.41, 5.74) is 2.58. The van der Waals surface area contributed by atoms with Gasteiger partial charge in [0.1, 0.15) is 0 Å². The second-order valence-corrected chi connectivity index (χ2v) is 7.37. The molecule has 0 spiro atoms. The van der Waals surface area contributed by atoms with Crippen molar-refractivity contribution in [1.82, 2.24) is 20.0 Å². The van der Waals surface area contributed by atoms with Crippen LogP contribution >= 0.6 is 22.9 Å². The van der Waals surface area contributed by atoms with E-state index >= 15 is 0 Å². The first-order valence-corrected chi connectivity index (χ1v) is 10.3. The molecule has 1 N–H and O–H groups in total. The maximum absolute atomic E-state index is 12.6.